The van der Waals surface area contributed by atoms with Crippen LogP contribution in [0.4, 0.5) is 5.69 Å². The molecule has 0 spiro atoms. The van der Waals surface area contributed by atoms with E-state index in [0.717, 1.165) is 12.1 Å². The first-order chi connectivity index (χ1) is 30.2. The molecule has 1 aliphatic carbocycles. The Hall–Kier alpha value is -7.27. The number of aromatic nitrogens is 2. The van der Waals surface area contributed by atoms with E-state index in [1.807, 2.05) is 11.8 Å². The van der Waals surface area contributed by atoms with Crippen molar-refractivity contribution in [3.63, 3.8) is 0 Å². The molecular formula is C57H39N3S. The summed E-state index contributed by atoms with van der Waals surface area (Å²) in [6.45, 7) is 0. The van der Waals surface area contributed by atoms with Gasteiger partial charge >= 0.3 is 0 Å². The molecule has 0 amide bonds. The molecule has 0 saturated heterocycles. The molecule has 61 heavy (non-hydrogen) atoms. The lowest BCUT2D eigenvalue weighted by Gasteiger charge is -2.20. The van der Waals surface area contributed by atoms with E-state index in [4.69, 9.17) is 0 Å². The Morgan fingerprint density at radius 2 is 0.984 bits per heavy atom. The fraction of sp³-hybridized carbons (Fsp3) is 0.0526. The highest BCUT2D eigenvalue weighted by Crippen LogP contribution is 2.48. The summed E-state index contributed by atoms with van der Waals surface area (Å²) in [5.74, 6) is 0.481. The van der Waals surface area contributed by atoms with E-state index in [1.54, 1.807) is 0 Å². The van der Waals surface area contributed by atoms with Gasteiger partial charge < -0.3 is 14.5 Å². The minimum atomic E-state index is 0.339. The van der Waals surface area contributed by atoms with Crippen molar-refractivity contribution in [2.24, 2.45) is 5.92 Å². The molecule has 3 heterocycles. The summed E-state index contributed by atoms with van der Waals surface area (Å²) in [6.07, 6.45) is 10.1. The van der Waals surface area contributed by atoms with E-state index < -0.39 is 0 Å². The van der Waals surface area contributed by atoms with Crippen molar-refractivity contribution < 1.29 is 0 Å². The Labute approximate surface area is 357 Å². The highest BCUT2D eigenvalue weighted by Gasteiger charge is 2.29. The third-order valence-electron chi connectivity index (χ3n) is 13.0. The summed E-state index contributed by atoms with van der Waals surface area (Å²) >= 11 is 1.97. The normalized spacial score (nSPS) is 16.1. The second kappa shape index (κ2) is 13.6. The Morgan fingerprint density at radius 3 is 1.62 bits per heavy atom. The number of benzene rings is 9. The van der Waals surface area contributed by atoms with Gasteiger partial charge in [-0.05, 0) is 124 Å². The Balaban J connectivity index is 0.946. The molecule has 13 rings (SSSR count). The summed E-state index contributed by atoms with van der Waals surface area (Å²) in [7, 11) is 0. The van der Waals surface area contributed by atoms with E-state index in [1.165, 1.54) is 104 Å². The average Bonchev–Trinajstić information content (AvgIpc) is 4.02. The highest BCUT2D eigenvalue weighted by molar-refractivity contribution is 8.00. The maximum atomic E-state index is 3.95. The van der Waals surface area contributed by atoms with E-state index in [2.05, 4.69) is 221 Å². The van der Waals surface area contributed by atoms with Gasteiger partial charge in [-0.25, -0.2) is 0 Å². The first kappa shape index (κ1) is 34.6. The smallest absolute Gasteiger partial charge is 0.0836 e. The number of rotatable bonds is 5. The van der Waals surface area contributed by atoms with Crippen LogP contribution in [0.3, 0.4) is 0 Å². The lowest BCUT2D eigenvalue weighted by Crippen LogP contribution is -2.21. The van der Waals surface area contributed by atoms with Crippen LogP contribution in [-0.4, -0.2) is 14.5 Å². The van der Waals surface area contributed by atoms with Gasteiger partial charge in [-0.3, -0.25) is 0 Å². The molecule has 1 aliphatic heterocycles. The fourth-order valence-corrected chi connectivity index (χ4v) is 11.4. The summed E-state index contributed by atoms with van der Waals surface area (Å²) in [4.78, 5) is 1.34. The zero-order valence-corrected chi connectivity index (χ0v) is 34.1. The topological polar surface area (TPSA) is 21.9 Å². The molecule has 1 N–H and O–H groups in total. The number of nitrogens with zero attached hydrogens (tertiary/aromatic N) is 2. The van der Waals surface area contributed by atoms with Gasteiger partial charge in [0.15, 0.2) is 0 Å². The van der Waals surface area contributed by atoms with Crippen molar-refractivity contribution >= 4 is 82.6 Å². The summed E-state index contributed by atoms with van der Waals surface area (Å²) in [6, 6.07) is 67.4. The van der Waals surface area contributed by atoms with Crippen LogP contribution < -0.4 is 5.32 Å². The van der Waals surface area contributed by atoms with Crippen LogP contribution in [0, 0.1) is 5.92 Å². The van der Waals surface area contributed by atoms with Crippen molar-refractivity contribution in [3.05, 3.63) is 206 Å². The predicted octanol–water partition coefficient (Wildman–Crippen LogP) is 15.5. The maximum absolute atomic E-state index is 3.95. The summed E-state index contributed by atoms with van der Waals surface area (Å²) in [5, 5.41) is 14.4. The maximum Gasteiger partial charge on any atom is 0.0836 e. The number of para-hydroxylation sites is 3. The van der Waals surface area contributed by atoms with Gasteiger partial charge in [0.05, 0.1) is 33.1 Å². The summed E-state index contributed by atoms with van der Waals surface area (Å²) in [5.41, 5.74) is 13.3. The molecule has 9 aromatic carbocycles. The van der Waals surface area contributed by atoms with Crippen LogP contribution >= 0.6 is 11.8 Å². The van der Waals surface area contributed by atoms with Crippen molar-refractivity contribution in [3.8, 4) is 33.6 Å². The second-order valence-corrected chi connectivity index (χ2v) is 17.7. The SMILES string of the molecule is C1=CCC(C2Nc3c(ccc4ccc5cc(-c6ccc7c(c6)c6cc(-c8ccc9c(c8)c8ccccc8n9-c8ccccc8)ccc6n7-c6ccccc6)ccc5c34)S2)C=C1. The average molecular weight is 798 g/mol. The zero-order valence-electron chi connectivity index (χ0n) is 33.3. The summed E-state index contributed by atoms with van der Waals surface area (Å²) < 4.78 is 4.80. The molecule has 0 fully saturated rings. The van der Waals surface area contributed by atoms with Gasteiger partial charge in [0, 0.05) is 49.1 Å². The molecule has 2 atom stereocenters. The lowest BCUT2D eigenvalue weighted by atomic mass is 9.95. The van der Waals surface area contributed by atoms with Gasteiger partial charge in [-0.1, -0.05) is 139 Å². The molecule has 288 valence electrons. The number of fused-ring (bicyclic) bond motifs is 11. The predicted molar refractivity (Wildman–Crippen MR) is 261 cm³/mol. The van der Waals surface area contributed by atoms with Gasteiger partial charge in [0.25, 0.3) is 0 Å². The number of thioether (sulfide) groups is 1. The number of hydrogen-bond donors (Lipinski definition) is 1. The van der Waals surface area contributed by atoms with Crippen LogP contribution in [-0.2, 0) is 0 Å². The molecule has 0 radical (unpaired) electrons. The molecule has 0 bridgehead atoms. The van der Waals surface area contributed by atoms with Crippen LogP contribution in [0.1, 0.15) is 6.42 Å². The zero-order chi connectivity index (χ0) is 40.0. The van der Waals surface area contributed by atoms with Crippen LogP contribution in [0.5, 0.6) is 0 Å². The standard InChI is InChI=1S/C57H39N3S/c1-4-12-37(13-5-1)57-58-56-54(61-57)31-26-36-20-21-42-32-38(22-27-45(42)55(36)56)39-23-29-52-48(34-39)49-35-41(25-30-53(49)60(52)44-16-8-3-9-17-44)40-24-28-51-47(33-40)46-18-10-11-19-50(46)59(51)43-14-6-2-7-15-43/h1-12,14-35,37,57-58H,13H2. The molecule has 0 saturated carbocycles. The van der Waals surface area contributed by atoms with Crippen molar-refractivity contribution in [1.29, 1.82) is 0 Å². The molecule has 11 aromatic rings. The van der Waals surface area contributed by atoms with E-state index in [9.17, 15) is 0 Å². The quantitative estimate of drug-likeness (QED) is 0.175. The van der Waals surface area contributed by atoms with Gasteiger partial charge in [-0.2, -0.15) is 0 Å². The first-order valence-corrected chi connectivity index (χ1v) is 22.1. The van der Waals surface area contributed by atoms with Crippen molar-refractivity contribution in [2.45, 2.75) is 16.7 Å². The monoisotopic (exact) mass is 797 g/mol. The number of nitrogens with one attached hydrogen (secondary N) is 1. The van der Waals surface area contributed by atoms with Crippen LogP contribution in [0.25, 0.3) is 98.8 Å². The highest BCUT2D eigenvalue weighted by atomic mass is 32.2. The molecule has 2 aromatic heterocycles. The van der Waals surface area contributed by atoms with E-state index >= 15 is 0 Å². The molecule has 3 nitrogen and oxygen atoms in total. The van der Waals surface area contributed by atoms with E-state index in [-0.39, 0.29) is 0 Å². The molecular weight excluding hydrogens is 759 g/mol. The molecule has 4 heteroatoms. The minimum absolute atomic E-state index is 0.339. The fourth-order valence-electron chi connectivity index (χ4n) is 10.1. The molecule has 2 aliphatic rings. The lowest BCUT2D eigenvalue weighted by molar-refractivity contribution is 0.662. The van der Waals surface area contributed by atoms with Crippen LogP contribution in [0.15, 0.2) is 211 Å². The van der Waals surface area contributed by atoms with Gasteiger partial charge in [0.2, 0.25) is 0 Å². The number of hydrogen-bond acceptors (Lipinski definition) is 2. The van der Waals surface area contributed by atoms with Crippen LogP contribution in [0.2, 0.25) is 0 Å². The Kier molecular flexibility index (Phi) is 7.73. The largest absolute Gasteiger partial charge is 0.371 e. The Bertz CT molecular complexity index is 3630. The third-order valence-corrected chi connectivity index (χ3v) is 14.4. The second-order valence-electron chi connectivity index (χ2n) is 16.5. The number of anilines is 1. The van der Waals surface area contributed by atoms with E-state index in [0.29, 0.717) is 11.3 Å². The van der Waals surface area contributed by atoms with Crippen molar-refractivity contribution in [2.75, 3.05) is 5.32 Å². The third kappa shape index (κ3) is 5.45. The van der Waals surface area contributed by atoms with Crippen molar-refractivity contribution in [1.82, 2.24) is 9.13 Å². The Morgan fingerprint density at radius 1 is 0.443 bits per heavy atom. The minimum Gasteiger partial charge on any atom is -0.371 e. The number of allylic oxidation sites excluding steroid dienone is 3. The first-order valence-electron chi connectivity index (χ1n) is 21.2. The van der Waals surface area contributed by atoms with Gasteiger partial charge in [0.1, 0.15) is 0 Å². The van der Waals surface area contributed by atoms with Gasteiger partial charge in [-0.15, -0.1) is 0 Å². The molecule has 2 unspecified atom stereocenters.